The number of ether oxygens (including phenoxy) is 1. The van der Waals surface area contributed by atoms with Gasteiger partial charge in [0.15, 0.2) is 0 Å². The van der Waals surface area contributed by atoms with Gasteiger partial charge in [0, 0.05) is 24.8 Å². The van der Waals surface area contributed by atoms with Crippen LogP contribution in [-0.4, -0.2) is 17.1 Å². The van der Waals surface area contributed by atoms with Gasteiger partial charge in [0.1, 0.15) is 0 Å². The van der Waals surface area contributed by atoms with E-state index in [9.17, 15) is 4.79 Å². The van der Waals surface area contributed by atoms with Crippen LogP contribution in [0.5, 0.6) is 0 Å². The van der Waals surface area contributed by atoms with Gasteiger partial charge in [-0.15, -0.1) is 0 Å². The van der Waals surface area contributed by atoms with E-state index in [0.717, 1.165) is 11.1 Å². The fraction of sp³-hybridized carbons (Fsp3) is 0.214. The minimum atomic E-state index is -0.306. The topological polar surface area (TPSA) is 31.2 Å². The number of fused-ring (bicyclic) bond motifs is 1. The van der Waals surface area contributed by atoms with Gasteiger partial charge in [0.25, 0.3) is 0 Å². The Bertz CT molecular complexity index is 567. The normalized spacial score (nSPS) is 11.2. The zero-order valence-corrected chi connectivity index (χ0v) is 10.0. The summed E-state index contributed by atoms with van der Waals surface area (Å²) in [6.07, 6.45) is 5.24. The van der Waals surface area contributed by atoms with Crippen molar-refractivity contribution in [2.45, 2.75) is 6.92 Å². The molecular weight excluding hydrogens is 214 g/mol. The fourth-order valence-electron chi connectivity index (χ4n) is 1.74. The van der Waals surface area contributed by atoms with Gasteiger partial charge < -0.3 is 9.30 Å². The Balaban J connectivity index is 2.24. The van der Waals surface area contributed by atoms with Gasteiger partial charge in [0.05, 0.1) is 6.61 Å². The van der Waals surface area contributed by atoms with E-state index in [0.29, 0.717) is 6.61 Å². The fourth-order valence-corrected chi connectivity index (χ4v) is 1.74. The summed E-state index contributed by atoms with van der Waals surface area (Å²) in [6.45, 7) is 2.20. The molecule has 0 fully saturated rings. The van der Waals surface area contributed by atoms with E-state index in [1.807, 2.05) is 31.4 Å². The Kier molecular flexibility index (Phi) is 3.28. The van der Waals surface area contributed by atoms with Gasteiger partial charge in [-0.3, -0.25) is 0 Å². The molecule has 0 bridgehead atoms. The Morgan fingerprint density at radius 2 is 2.24 bits per heavy atom. The molecule has 88 valence electrons. The van der Waals surface area contributed by atoms with Gasteiger partial charge in [-0.05, 0) is 36.1 Å². The lowest BCUT2D eigenvalue weighted by molar-refractivity contribution is -0.137. The molecule has 2 aromatic rings. The van der Waals surface area contributed by atoms with Crippen molar-refractivity contribution < 1.29 is 9.53 Å². The highest BCUT2D eigenvalue weighted by atomic mass is 16.5. The van der Waals surface area contributed by atoms with Crippen molar-refractivity contribution in [2.75, 3.05) is 6.61 Å². The zero-order chi connectivity index (χ0) is 12.3. The number of benzene rings is 1. The Morgan fingerprint density at radius 3 is 3.00 bits per heavy atom. The maximum atomic E-state index is 11.2. The van der Waals surface area contributed by atoms with Gasteiger partial charge >= 0.3 is 5.97 Å². The van der Waals surface area contributed by atoms with Crippen LogP contribution >= 0.6 is 0 Å². The largest absolute Gasteiger partial charge is 0.463 e. The first-order valence-electron chi connectivity index (χ1n) is 5.60. The van der Waals surface area contributed by atoms with Crippen molar-refractivity contribution in [2.24, 2.45) is 7.05 Å². The summed E-state index contributed by atoms with van der Waals surface area (Å²) < 4.78 is 6.88. The number of aryl methyl sites for hydroxylation is 1. The third-order valence-corrected chi connectivity index (χ3v) is 2.61. The number of carbonyl (C=O) groups is 1. The van der Waals surface area contributed by atoms with Crippen LogP contribution < -0.4 is 0 Å². The molecule has 3 nitrogen and oxygen atoms in total. The molecule has 0 unspecified atom stereocenters. The molecule has 0 aliphatic carbocycles. The number of rotatable bonds is 3. The minimum Gasteiger partial charge on any atom is -0.463 e. The monoisotopic (exact) mass is 229 g/mol. The third kappa shape index (κ3) is 2.56. The summed E-state index contributed by atoms with van der Waals surface area (Å²) >= 11 is 0. The van der Waals surface area contributed by atoms with Crippen molar-refractivity contribution in [1.29, 1.82) is 0 Å². The molecule has 0 aliphatic rings. The van der Waals surface area contributed by atoms with E-state index in [1.165, 1.54) is 11.5 Å². The molecule has 0 radical (unpaired) electrons. The molecule has 0 aliphatic heterocycles. The van der Waals surface area contributed by atoms with Gasteiger partial charge in [0.2, 0.25) is 0 Å². The standard InChI is InChI=1S/C14H15NO2/c1-3-17-14(16)7-5-11-4-6-12-8-9-15(2)13(12)10-11/h4-10H,3H2,1-2H3. The molecule has 2 rings (SSSR count). The average Bonchev–Trinajstić information content (AvgIpc) is 2.69. The highest BCUT2D eigenvalue weighted by molar-refractivity contribution is 5.89. The van der Waals surface area contributed by atoms with E-state index in [1.54, 1.807) is 13.0 Å². The summed E-state index contributed by atoms with van der Waals surface area (Å²) in [5, 5.41) is 1.20. The van der Waals surface area contributed by atoms with Crippen LogP contribution in [-0.2, 0) is 16.6 Å². The predicted molar refractivity (Wildman–Crippen MR) is 68.6 cm³/mol. The lowest BCUT2D eigenvalue weighted by atomic mass is 10.1. The van der Waals surface area contributed by atoms with Gasteiger partial charge in [-0.25, -0.2) is 4.79 Å². The summed E-state index contributed by atoms with van der Waals surface area (Å²) in [4.78, 5) is 11.2. The summed E-state index contributed by atoms with van der Waals surface area (Å²) in [7, 11) is 2.00. The lowest BCUT2D eigenvalue weighted by Gasteiger charge is -1.99. The molecule has 0 amide bonds. The molecule has 1 aromatic heterocycles. The predicted octanol–water partition coefficient (Wildman–Crippen LogP) is 2.75. The maximum Gasteiger partial charge on any atom is 0.330 e. The van der Waals surface area contributed by atoms with Crippen LogP contribution in [0.15, 0.2) is 36.5 Å². The third-order valence-electron chi connectivity index (χ3n) is 2.61. The number of esters is 1. The van der Waals surface area contributed by atoms with E-state index < -0.39 is 0 Å². The average molecular weight is 229 g/mol. The molecule has 0 saturated heterocycles. The number of hydrogen-bond donors (Lipinski definition) is 0. The second-order valence-electron chi connectivity index (χ2n) is 3.83. The summed E-state index contributed by atoms with van der Waals surface area (Å²) in [5.41, 5.74) is 2.14. The minimum absolute atomic E-state index is 0.306. The maximum absolute atomic E-state index is 11.2. The zero-order valence-electron chi connectivity index (χ0n) is 10.0. The molecular formula is C14H15NO2. The van der Waals surface area contributed by atoms with Crippen LogP contribution in [0.2, 0.25) is 0 Å². The Labute approximate surface area is 100 Å². The molecule has 1 aromatic carbocycles. The van der Waals surface area contributed by atoms with Crippen molar-refractivity contribution in [3.8, 4) is 0 Å². The molecule has 17 heavy (non-hydrogen) atoms. The Morgan fingerprint density at radius 1 is 1.41 bits per heavy atom. The lowest BCUT2D eigenvalue weighted by Crippen LogP contribution is -1.98. The molecule has 0 atom stereocenters. The van der Waals surface area contributed by atoms with E-state index in [2.05, 4.69) is 10.6 Å². The highest BCUT2D eigenvalue weighted by Gasteiger charge is 1.99. The quantitative estimate of drug-likeness (QED) is 0.598. The van der Waals surface area contributed by atoms with Crippen molar-refractivity contribution in [3.05, 3.63) is 42.1 Å². The SMILES string of the molecule is CCOC(=O)C=Cc1ccc2ccn(C)c2c1. The van der Waals surface area contributed by atoms with Crippen LogP contribution in [0.4, 0.5) is 0 Å². The van der Waals surface area contributed by atoms with Crippen molar-refractivity contribution >= 4 is 22.9 Å². The molecule has 3 heteroatoms. The van der Waals surface area contributed by atoms with Gasteiger partial charge in [-0.2, -0.15) is 0 Å². The first kappa shape index (κ1) is 11.5. The van der Waals surface area contributed by atoms with Crippen molar-refractivity contribution in [1.82, 2.24) is 4.57 Å². The van der Waals surface area contributed by atoms with Crippen LogP contribution in [0.1, 0.15) is 12.5 Å². The Hall–Kier alpha value is -2.03. The molecule has 1 heterocycles. The number of aromatic nitrogens is 1. The van der Waals surface area contributed by atoms with Crippen LogP contribution in [0.25, 0.3) is 17.0 Å². The summed E-state index contributed by atoms with van der Waals surface area (Å²) in [6, 6.07) is 8.14. The second-order valence-corrected chi connectivity index (χ2v) is 3.83. The van der Waals surface area contributed by atoms with Gasteiger partial charge in [-0.1, -0.05) is 12.1 Å². The summed E-state index contributed by atoms with van der Waals surface area (Å²) in [5.74, 6) is -0.306. The van der Waals surface area contributed by atoms with E-state index >= 15 is 0 Å². The first-order chi connectivity index (χ1) is 8.20. The first-order valence-corrected chi connectivity index (χ1v) is 5.60. The number of carbonyl (C=O) groups excluding carboxylic acids is 1. The second kappa shape index (κ2) is 4.87. The van der Waals surface area contributed by atoms with Crippen LogP contribution in [0, 0.1) is 0 Å². The highest BCUT2D eigenvalue weighted by Crippen LogP contribution is 2.17. The number of hydrogen-bond acceptors (Lipinski definition) is 2. The molecule has 0 spiro atoms. The smallest absolute Gasteiger partial charge is 0.330 e. The van der Waals surface area contributed by atoms with Crippen molar-refractivity contribution in [3.63, 3.8) is 0 Å². The van der Waals surface area contributed by atoms with Crippen LogP contribution in [0.3, 0.4) is 0 Å². The molecule has 0 saturated carbocycles. The van der Waals surface area contributed by atoms with E-state index in [4.69, 9.17) is 4.74 Å². The molecule has 0 N–H and O–H groups in total. The number of nitrogens with zero attached hydrogens (tertiary/aromatic N) is 1. The van der Waals surface area contributed by atoms with E-state index in [-0.39, 0.29) is 5.97 Å².